The molecule has 2 aliphatic rings. The van der Waals surface area contributed by atoms with Gasteiger partial charge in [-0.3, -0.25) is 14.9 Å². The van der Waals surface area contributed by atoms with Gasteiger partial charge >= 0.3 is 0 Å². The molecule has 1 aliphatic carbocycles. The van der Waals surface area contributed by atoms with Gasteiger partial charge in [0, 0.05) is 38.5 Å². The highest BCUT2D eigenvalue weighted by Gasteiger charge is 2.36. The number of carbonyl (C=O) groups excluding carboxylic acids is 1. The number of nitrogens with zero attached hydrogens (tertiary/aromatic N) is 5. The van der Waals surface area contributed by atoms with Crippen molar-refractivity contribution in [1.82, 2.24) is 15.0 Å². The minimum Gasteiger partial charge on any atom is -0.500 e. The van der Waals surface area contributed by atoms with E-state index in [2.05, 4.69) is 10.1 Å². The number of aryl methyl sites for hydroxylation is 1. The van der Waals surface area contributed by atoms with Gasteiger partial charge in [0.2, 0.25) is 5.70 Å². The molecule has 0 saturated carbocycles. The minimum absolute atomic E-state index is 0.0146. The Morgan fingerprint density at radius 1 is 1.27 bits per heavy atom. The van der Waals surface area contributed by atoms with Crippen LogP contribution < -0.4 is 4.90 Å². The van der Waals surface area contributed by atoms with E-state index in [0.29, 0.717) is 64.8 Å². The number of methoxy groups -OCH3 is 1. The predicted octanol–water partition coefficient (Wildman–Crippen LogP) is 3.83. The number of hydrogen-bond acceptors (Lipinski definition) is 8. The zero-order valence-corrected chi connectivity index (χ0v) is 19.5. The van der Waals surface area contributed by atoms with Crippen LogP contribution in [0.4, 0.5) is 5.82 Å². The van der Waals surface area contributed by atoms with E-state index in [-0.39, 0.29) is 18.0 Å². The molecule has 2 aromatic rings. The van der Waals surface area contributed by atoms with Crippen LogP contribution in [0, 0.1) is 17.0 Å². The number of nitro groups is 1. The maximum atomic E-state index is 13.4. The Morgan fingerprint density at radius 3 is 2.64 bits per heavy atom. The standard InChI is InChI=1S/C21H21Cl2N5O5/c1-12-18(19(25-33-12)15-10-14(28(30)31)3-4-17(15)32-2)21(29)27-7-5-26(6-8-27)20-16(23)9-13(22)11-24-20/h3-4,9,11,15H,5-8,10H2,1-2H3. The summed E-state index contributed by atoms with van der Waals surface area (Å²) in [5, 5.41) is 16.3. The van der Waals surface area contributed by atoms with Crippen LogP contribution in [-0.2, 0) is 4.74 Å². The number of carbonyl (C=O) groups is 1. The van der Waals surface area contributed by atoms with Gasteiger partial charge in [0.1, 0.15) is 28.6 Å². The Hall–Kier alpha value is -3.11. The van der Waals surface area contributed by atoms with Gasteiger partial charge in [-0.05, 0) is 19.1 Å². The van der Waals surface area contributed by atoms with Gasteiger partial charge < -0.3 is 19.1 Å². The Kier molecular flexibility index (Phi) is 6.57. The first-order chi connectivity index (χ1) is 15.8. The van der Waals surface area contributed by atoms with Gasteiger partial charge in [-0.25, -0.2) is 4.98 Å². The molecule has 0 spiro atoms. The van der Waals surface area contributed by atoms with Crippen LogP contribution in [0.2, 0.25) is 10.0 Å². The second kappa shape index (κ2) is 9.40. The fourth-order valence-electron chi connectivity index (χ4n) is 4.06. The summed E-state index contributed by atoms with van der Waals surface area (Å²) in [6.45, 7) is 3.57. The van der Waals surface area contributed by atoms with Crippen molar-refractivity contribution in [2.75, 3.05) is 38.2 Å². The second-order valence-corrected chi connectivity index (χ2v) is 8.53. The van der Waals surface area contributed by atoms with Crippen molar-refractivity contribution in [3.63, 3.8) is 0 Å². The highest BCUT2D eigenvalue weighted by atomic mass is 35.5. The summed E-state index contributed by atoms with van der Waals surface area (Å²) in [5.41, 5.74) is 0.660. The summed E-state index contributed by atoms with van der Waals surface area (Å²) >= 11 is 12.2. The van der Waals surface area contributed by atoms with Crippen LogP contribution in [0.3, 0.4) is 0 Å². The number of amides is 1. The molecule has 3 heterocycles. The van der Waals surface area contributed by atoms with Crippen molar-refractivity contribution >= 4 is 34.9 Å². The van der Waals surface area contributed by atoms with Crippen LogP contribution in [0.5, 0.6) is 0 Å². The minimum atomic E-state index is -0.588. The number of hydrogen-bond donors (Lipinski definition) is 0. The lowest BCUT2D eigenvalue weighted by atomic mass is 9.90. The van der Waals surface area contributed by atoms with E-state index >= 15 is 0 Å². The van der Waals surface area contributed by atoms with Gasteiger partial charge in [0.15, 0.2) is 0 Å². The summed E-state index contributed by atoms with van der Waals surface area (Å²) in [4.78, 5) is 32.3. The SMILES string of the molecule is COC1=CC=C([N+](=O)[O-])CC1c1noc(C)c1C(=O)N1CCN(c2ncc(Cl)cc2Cl)CC1. The Balaban J connectivity index is 1.53. The molecule has 174 valence electrons. The van der Waals surface area contributed by atoms with Crippen LogP contribution >= 0.6 is 23.2 Å². The number of pyridine rings is 1. The van der Waals surface area contributed by atoms with E-state index in [0.717, 1.165) is 0 Å². The van der Waals surface area contributed by atoms with E-state index in [9.17, 15) is 14.9 Å². The number of anilines is 1. The highest BCUT2D eigenvalue weighted by molar-refractivity contribution is 6.36. The number of halogens is 2. The average molecular weight is 494 g/mol. The van der Waals surface area contributed by atoms with Crippen LogP contribution in [0.15, 0.2) is 40.4 Å². The zero-order chi connectivity index (χ0) is 23.7. The molecule has 1 aliphatic heterocycles. The molecule has 0 radical (unpaired) electrons. The van der Waals surface area contributed by atoms with Crippen molar-refractivity contribution in [1.29, 1.82) is 0 Å². The quantitative estimate of drug-likeness (QED) is 0.455. The first kappa shape index (κ1) is 23.1. The normalized spacial score (nSPS) is 18.6. The van der Waals surface area contributed by atoms with Crippen LogP contribution in [0.1, 0.15) is 34.2 Å². The fraction of sp³-hybridized carbons (Fsp3) is 0.381. The largest absolute Gasteiger partial charge is 0.500 e. The van der Waals surface area contributed by atoms with Crippen LogP contribution in [0.25, 0.3) is 0 Å². The van der Waals surface area contributed by atoms with Gasteiger partial charge in [0.05, 0.1) is 34.4 Å². The summed E-state index contributed by atoms with van der Waals surface area (Å²) in [7, 11) is 1.48. The van der Waals surface area contributed by atoms with Crippen molar-refractivity contribution in [3.05, 3.63) is 73.0 Å². The van der Waals surface area contributed by atoms with E-state index in [1.807, 2.05) is 4.90 Å². The number of ether oxygens (including phenoxy) is 1. The first-order valence-corrected chi connectivity index (χ1v) is 11.0. The molecule has 12 heteroatoms. The van der Waals surface area contributed by atoms with Crippen molar-refractivity contribution in [3.8, 4) is 0 Å². The molecule has 1 unspecified atom stereocenters. The van der Waals surface area contributed by atoms with Gasteiger partial charge in [0.25, 0.3) is 5.91 Å². The van der Waals surface area contributed by atoms with E-state index < -0.39 is 10.8 Å². The fourth-order valence-corrected chi connectivity index (χ4v) is 4.56. The van der Waals surface area contributed by atoms with Crippen molar-refractivity contribution < 1.29 is 19.0 Å². The smallest absolute Gasteiger partial charge is 0.259 e. The molecule has 0 N–H and O–H groups in total. The molecule has 4 rings (SSSR count). The van der Waals surface area contributed by atoms with Gasteiger partial charge in [-0.15, -0.1) is 0 Å². The third-order valence-corrected chi connectivity index (χ3v) is 6.24. The number of allylic oxidation sites excluding steroid dienone is 4. The molecule has 1 amide bonds. The second-order valence-electron chi connectivity index (χ2n) is 7.68. The Morgan fingerprint density at radius 2 is 2.00 bits per heavy atom. The molecule has 0 bridgehead atoms. The predicted molar refractivity (Wildman–Crippen MR) is 121 cm³/mol. The Bertz CT molecular complexity index is 1150. The lowest BCUT2D eigenvalue weighted by Gasteiger charge is -2.35. The number of aromatic nitrogens is 2. The van der Waals surface area contributed by atoms with Gasteiger partial charge in [-0.2, -0.15) is 0 Å². The summed E-state index contributed by atoms with van der Waals surface area (Å²) < 4.78 is 10.8. The topological polar surface area (TPSA) is 115 Å². The molecular weight excluding hydrogens is 473 g/mol. The molecule has 1 fully saturated rings. The third kappa shape index (κ3) is 4.53. The monoisotopic (exact) mass is 493 g/mol. The molecule has 2 aromatic heterocycles. The number of piperazine rings is 1. The molecule has 1 atom stereocenters. The average Bonchev–Trinajstić information content (AvgIpc) is 3.19. The Labute approximate surface area is 199 Å². The summed E-state index contributed by atoms with van der Waals surface area (Å²) in [5.74, 6) is 0.622. The molecule has 1 saturated heterocycles. The number of rotatable bonds is 5. The third-order valence-electron chi connectivity index (χ3n) is 5.75. The first-order valence-electron chi connectivity index (χ1n) is 10.2. The summed E-state index contributed by atoms with van der Waals surface area (Å²) in [6.07, 6.45) is 4.52. The highest BCUT2D eigenvalue weighted by Crippen LogP contribution is 2.37. The van der Waals surface area contributed by atoms with Crippen molar-refractivity contribution in [2.45, 2.75) is 19.3 Å². The zero-order valence-electron chi connectivity index (χ0n) is 18.0. The maximum Gasteiger partial charge on any atom is 0.259 e. The summed E-state index contributed by atoms with van der Waals surface area (Å²) in [6, 6.07) is 1.63. The van der Waals surface area contributed by atoms with E-state index in [4.69, 9.17) is 32.5 Å². The molecule has 33 heavy (non-hydrogen) atoms. The van der Waals surface area contributed by atoms with E-state index in [1.54, 1.807) is 17.9 Å². The van der Waals surface area contributed by atoms with Crippen molar-refractivity contribution in [2.24, 2.45) is 0 Å². The maximum absolute atomic E-state index is 13.4. The van der Waals surface area contributed by atoms with E-state index in [1.165, 1.54) is 25.5 Å². The van der Waals surface area contributed by atoms with Gasteiger partial charge in [-0.1, -0.05) is 28.4 Å². The lowest BCUT2D eigenvalue weighted by molar-refractivity contribution is -0.428. The molecule has 0 aromatic carbocycles. The van der Waals surface area contributed by atoms with Crippen LogP contribution in [-0.4, -0.2) is 59.2 Å². The molecular formula is C21H21Cl2N5O5. The molecule has 10 nitrogen and oxygen atoms in total. The lowest BCUT2D eigenvalue weighted by Crippen LogP contribution is -2.49.